The van der Waals surface area contributed by atoms with Crippen LogP contribution in [0.15, 0.2) is 24.3 Å². The van der Waals surface area contributed by atoms with Gasteiger partial charge in [-0.1, -0.05) is 0 Å². The lowest BCUT2D eigenvalue weighted by Crippen LogP contribution is -2.31. The Morgan fingerprint density at radius 2 is 1.71 bits per heavy atom. The fourth-order valence-corrected chi connectivity index (χ4v) is 2.05. The molecule has 4 nitrogen and oxygen atoms in total. The highest BCUT2D eigenvalue weighted by Gasteiger charge is 2.22. The molecule has 1 saturated carbocycles. The highest BCUT2D eigenvalue weighted by Crippen LogP contribution is 2.21. The van der Waals surface area contributed by atoms with E-state index in [1.807, 2.05) is 0 Å². The molecule has 0 unspecified atom stereocenters. The molecule has 17 heavy (non-hydrogen) atoms. The summed E-state index contributed by atoms with van der Waals surface area (Å²) in [7, 11) is 0. The maximum absolute atomic E-state index is 11.8. The third-order valence-electron chi connectivity index (χ3n) is 3.14. The molecule has 1 aromatic rings. The third kappa shape index (κ3) is 3.20. The molecule has 1 aromatic carbocycles. The van der Waals surface area contributed by atoms with Crippen LogP contribution in [-0.2, 0) is 4.74 Å². The molecule has 0 bridgehead atoms. The molecule has 1 aliphatic carbocycles. The van der Waals surface area contributed by atoms with Crippen molar-refractivity contribution in [3.63, 3.8) is 0 Å². The fourth-order valence-electron chi connectivity index (χ4n) is 2.05. The number of nitrogen functional groups attached to an aromatic ring is 1. The number of anilines is 1. The Morgan fingerprint density at radius 3 is 2.29 bits per heavy atom. The summed E-state index contributed by atoms with van der Waals surface area (Å²) in [4.78, 5) is 11.8. The zero-order valence-electron chi connectivity index (χ0n) is 9.76. The van der Waals surface area contributed by atoms with Crippen LogP contribution in [0.2, 0.25) is 0 Å². The monoisotopic (exact) mass is 234 g/mol. The van der Waals surface area contributed by atoms with Crippen molar-refractivity contribution in [3.05, 3.63) is 29.8 Å². The van der Waals surface area contributed by atoms with Crippen LogP contribution in [0.1, 0.15) is 36.0 Å². The van der Waals surface area contributed by atoms with E-state index in [1.165, 1.54) is 0 Å². The predicted molar refractivity (Wildman–Crippen MR) is 66.5 cm³/mol. The molecular formula is C13H18N2O2. The Morgan fingerprint density at radius 1 is 1.12 bits per heavy atom. The molecule has 2 rings (SSSR count). The van der Waals surface area contributed by atoms with Gasteiger partial charge in [0.15, 0.2) is 0 Å². The van der Waals surface area contributed by atoms with Gasteiger partial charge in [0, 0.05) is 11.7 Å². The standard InChI is InChI=1S/C13H18N2O2/c14-10-3-1-9(2-4-10)13(16)17-12-7-5-11(15)6-8-12/h1-4,11-12H,5-8,14-15H2. The summed E-state index contributed by atoms with van der Waals surface area (Å²) in [5.74, 6) is -0.273. The summed E-state index contributed by atoms with van der Waals surface area (Å²) in [5, 5.41) is 0. The Hall–Kier alpha value is -1.55. The lowest BCUT2D eigenvalue weighted by Gasteiger charge is -2.25. The smallest absolute Gasteiger partial charge is 0.338 e. The van der Waals surface area contributed by atoms with E-state index >= 15 is 0 Å². The SMILES string of the molecule is Nc1ccc(C(=O)OC2CCC(N)CC2)cc1. The minimum atomic E-state index is -0.273. The molecule has 0 amide bonds. The zero-order chi connectivity index (χ0) is 12.3. The minimum Gasteiger partial charge on any atom is -0.459 e. The number of carbonyl (C=O) groups is 1. The van der Waals surface area contributed by atoms with Crippen molar-refractivity contribution in [1.82, 2.24) is 0 Å². The molecule has 92 valence electrons. The average Bonchev–Trinajstić information content (AvgIpc) is 2.33. The Bertz CT molecular complexity index is 381. The average molecular weight is 234 g/mol. The van der Waals surface area contributed by atoms with Crippen molar-refractivity contribution in [1.29, 1.82) is 0 Å². The number of nitrogens with two attached hydrogens (primary N) is 2. The van der Waals surface area contributed by atoms with Crippen molar-refractivity contribution in [3.8, 4) is 0 Å². The Kier molecular flexibility index (Phi) is 3.64. The first-order valence-electron chi connectivity index (χ1n) is 5.97. The van der Waals surface area contributed by atoms with E-state index in [4.69, 9.17) is 16.2 Å². The van der Waals surface area contributed by atoms with Gasteiger partial charge in [-0.3, -0.25) is 0 Å². The van der Waals surface area contributed by atoms with Crippen LogP contribution in [0.3, 0.4) is 0 Å². The molecule has 0 heterocycles. The predicted octanol–water partition coefficient (Wildman–Crippen LogP) is 1.70. The number of ether oxygens (including phenoxy) is 1. The number of esters is 1. The quantitative estimate of drug-likeness (QED) is 0.603. The molecule has 4 heteroatoms. The molecule has 0 radical (unpaired) electrons. The zero-order valence-corrected chi connectivity index (χ0v) is 9.76. The van der Waals surface area contributed by atoms with Crippen LogP contribution in [0, 0.1) is 0 Å². The van der Waals surface area contributed by atoms with Gasteiger partial charge in [0.1, 0.15) is 6.10 Å². The second-order valence-electron chi connectivity index (χ2n) is 4.56. The van der Waals surface area contributed by atoms with Crippen LogP contribution in [0.25, 0.3) is 0 Å². The highest BCUT2D eigenvalue weighted by atomic mass is 16.5. The van der Waals surface area contributed by atoms with Crippen LogP contribution in [0.4, 0.5) is 5.69 Å². The maximum atomic E-state index is 11.8. The van der Waals surface area contributed by atoms with Crippen molar-refractivity contribution in [2.45, 2.75) is 37.8 Å². The van der Waals surface area contributed by atoms with Gasteiger partial charge in [-0.15, -0.1) is 0 Å². The van der Waals surface area contributed by atoms with Crippen LogP contribution in [0.5, 0.6) is 0 Å². The highest BCUT2D eigenvalue weighted by molar-refractivity contribution is 5.89. The largest absolute Gasteiger partial charge is 0.459 e. The second-order valence-corrected chi connectivity index (χ2v) is 4.56. The van der Waals surface area contributed by atoms with Gasteiger partial charge < -0.3 is 16.2 Å². The summed E-state index contributed by atoms with van der Waals surface area (Å²) in [6.45, 7) is 0. The molecule has 1 fully saturated rings. The van der Waals surface area contributed by atoms with E-state index in [0.29, 0.717) is 11.3 Å². The van der Waals surface area contributed by atoms with Gasteiger partial charge >= 0.3 is 5.97 Å². The van der Waals surface area contributed by atoms with E-state index in [2.05, 4.69) is 0 Å². The molecular weight excluding hydrogens is 216 g/mol. The van der Waals surface area contributed by atoms with Crippen molar-refractivity contribution < 1.29 is 9.53 Å². The normalized spacial score (nSPS) is 24.3. The molecule has 0 atom stereocenters. The van der Waals surface area contributed by atoms with Gasteiger partial charge in [-0.2, -0.15) is 0 Å². The van der Waals surface area contributed by atoms with Crippen molar-refractivity contribution >= 4 is 11.7 Å². The summed E-state index contributed by atoms with van der Waals surface area (Å²) in [6, 6.07) is 7.04. The van der Waals surface area contributed by atoms with Gasteiger partial charge in [0.05, 0.1) is 5.56 Å². The second kappa shape index (κ2) is 5.19. The maximum Gasteiger partial charge on any atom is 0.338 e. The number of rotatable bonds is 2. The summed E-state index contributed by atoms with van der Waals surface area (Å²) in [6.07, 6.45) is 3.60. The number of carbonyl (C=O) groups excluding carboxylic acids is 1. The van der Waals surface area contributed by atoms with Crippen LogP contribution in [-0.4, -0.2) is 18.1 Å². The van der Waals surface area contributed by atoms with E-state index in [9.17, 15) is 4.79 Å². The fraction of sp³-hybridized carbons (Fsp3) is 0.462. The first-order chi connectivity index (χ1) is 8.15. The molecule has 0 spiro atoms. The van der Waals surface area contributed by atoms with Crippen LogP contribution >= 0.6 is 0 Å². The van der Waals surface area contributed by atoms with E-state index < -0.39 is 0 Å². The van der Waals surface area contributed by atoms with E-state index in [-0.39, 0.29) is 18.1 Å². The molecule has 0 aliphatic heterocycles. The van der Waals surface area contributed by atoms with Gasteiger partial charge in [0.25, 0.3) is 0 Å². The van der Waals surface area contributed by atoms with Crippen molar-refractivity contribution in [2.75, 3.05) is 5.73 Å². The van der Waals surface area contributed by atoms with Gasteiger partial charge in [-0.05, 0) is 49.9 Å². The van der Waals surface area contributed by atoms with Gasteiger partial charge in [-0.25, -0.2) is 4.79 Å². The van der Waals surface area contributed by atoms with Crippen molar-refractivity contribution in [2.24, 2.45) is 5.73 Å². The Labute approximate surface area is 101 Å². The van der Waals surface area contributed by atoms with Gasteiger partial charge in [0.2, 0.25) is 0 Å². The first kappa shape index (κ1) is 11.9. The number of benzene rings is 1. The van der Waals surface area contributed by atoms with E-state index in [0.717, 1.165) is 25.7 Å². The molecule has 4 N–H and O–H groups in total. The Balaban J connectivity index is 1.91. The molecule has 1 aliphatic rings. The third-order valence-corrected chi connectivity index (χ3v) is 3.14. The lowest BCUT2D eigenvalue weighted by atomic mass is 9.94. The summed E-state index contributed by atoms with van der Waals surface area (Å²) in [5.41, 5.74) is 12.6. The topological polar surface area (TPSA) is 78.3 Å². The summed E-state index contributed by atoms with van der Waals surface area (Å²) < 4.78 is 5.43. The molecule has 0 saturated heterocycles. The molecule has 0 aromatic heterocycles. The summed E-state index contributed by atoms with van der Waals surface area (Å²) >= 11 is 0. The van der Waals surface area contributed by atoms with E-state index in [1.54, 1.807) is 24.3 Å². The van der Waals surface area contributed by atoms with Crippen LogP contribution < -0.4 is 11.5 Å². The lowest BCUT2D eigenvalue weighted by molar-refractivity contribution is 0.0197. The number of hydrogen-bond acceptors (Lipinski definition) is 4. The minimum absolute atomic E-state index is 0.0138. The number of hydrogen-bond donors (Lipinski definition) is 2. The first-order valence-corrected chi connectivity index (χ1v) is 5.97.